The van der Waals surface area contributed by atoms with Crippen molar-refractivity contribution in [1.82, 2.24) is 5.43 Å². The zero-order valence-electron chi connectivity index (χ0n) is 14.0. The zero-order chi connectivity index (χ0) is 16.8. The SMILES string of the molecule is COc1ccc(CC(=O)N/N=C/c2c(C)cc(C)cc2C)cc1. The molecule has 0 bridgehead atoms. The fourth-order valence-corrected chi connectivity index (χ4v) is 2.53. The number of carbonyl (C=O) groups is 1. The summed E-state index contributed by atoms with van der Waals surface area (Å²) in [7, 11) is 1.62. The Labute approximate surface area is 137 Å². The molecule has 0 aliphatic rings. The van der Waals surface area contributed by atoms with Crippen LogP contribution >= 0.6 is 0 Å². The van der Waals surface area contributed by atoms with Crippen LogP contribution in [0.25, 0.3) is 0 Å². The lowest BCUT2D eigenvalue weighted by Crippen LogP contribution is -2.19. The second kappa shape index (κ2) is 7.58. The van der Waals surface area contributed by atoms with E-state index < -0.39 is 0 Å². The monoisotopic (exact) mass is 310 g/mol. The van der Waals surface area contributed by atoms with E-state index in [4.69, 9.17) is 4.74 Å². The van der Waals surface area contributed by atoms with E-state index in [1.54, 1.807) is 13.3 Å². The average Bonchev–Trinajstić information content (AvgIpc) is 2.50. The summed E-state index contributed by atoms with van der Waals surface area (Å²) in [5, 5.41) is 4.07. The highest BCUT2D eigenvalue weighted by molar-refractivity contribution is 5.86. The molecule has 0 saturated carbocycles. The molecule has 0 fully saturated rings. The molecule has 0 aliphatic carbocycles. The lowest BCUT2D eigenvalue weighted by Gasteiger charge is -2.06. The second-order valence-electron chi connectivity index (χ2n) is 5.63. The van der Waals surface area contributed by atoms with Gasteiger partial charge < -0.3 is 4.74 Å². The number of methoxy groups -OCH3 is 1. The first-order chi connectivity index (χ1) is 11.0. The predicted molar refractivity (Wildman–Crippen MR) is 93.1 cm³/mol. The number of aryl methyl sites for hydroxylation is 3. The smallest absolute Gasteiger partial charge is 0.244 e. The van der Waals surface area contributed by atoms with Gasteiger partial charge in [-0.15, -0.1) is 0 Å². The Hall–Kier alpha value is -2.62. The molecule has 0 unspecified atom stereocenters. The number of nitrogens with zero attached hydrogens (tertiary/aromatic N) is 1. The van der Waals surface area contributed by atoms with Gasteiger partial charge in [-0.05, 0) is 49.6 Å². The molecule has 1 amide bonds. The van der Waals surface area contributed by atoms with Crippen molar-refractivity contribution in [3.8, 4) is 5.75 Å². The van der Waals surface area contributed by atoms with Gasteiger partial charge in [-0.2, -0.15) is 5.10 Å². The largest absolute Gasteiger partial charge is 0.497 e. The quantitative estimate of drug-likeness (QED) is 0.680. The van der Waals surface area contributed by atoms with Gasteiger partial charge in [0.05, 0.1) is 19.7 Å². The van der Waals surface area contributed by atoms with Crippen molar-refractivity contribution in [3.63, 3.8) is 0 Å². The molecule has 4 heteroatoms. The van der Waals surface area contributed by atoms with Crippen LogP contribution in [-0.2, 0) is 11.2 Å². The minimum absolute atomic E-state index is 0.145. The summed E-state index contributed by atoms with van der Waals surface area (Å²) in [6.45, 7) is 6.15. The maximum Gasteiger partial charge on any atom is 0.244 e. The first-order valence-electron chi connectivity index (χ1n) is 7.52. The second-order valence-corrected chi connectivity index (χ2v) is 5.63. The van der Waals surface area contributed by atoms with Crippen LogP contribution in [0.3, 0.4) is 0 Å². The fourth-order valence-electron chi connectivity index (χ4n) is 2.53. The third-order valence-electron chi connectivity index (χ3n) is 3.64. The maximum absolute atomic E-state index is 11.9. The maximum atomic E-state index is 11.9. The average molecular weight is 310 g/mol. The Bertz CT molecular complexity index is 696. The van der Waals surface area contributed by atoms with Gasteiger partial charge in [0.2, 0.25) is 5.91 Å². The van der Waals surface area contributed by atoms with Gasteiger partial charge in [0.25, 0.3) is 0 Å². The first kappa shape index (κ1) is 16.7. The van der Waals surface area contributed by atoms with Crippen molar-refractivity contribution in [3.05, 3.63) is 64.2 Å². The molecule has 2 aromatic carbocycles. The molecule has 120 valence electrons. The van der Waals surface area contributed by atoms with Crippen LogP contribution in [0.2, 0.25) is 0 Å². The van der Waals surface area contributed by atoms with Crippen molar-refractivity contribution in [2.24, 2.45) is 5.10 Å². The summed E-state index contributed by atoms with van der Waals surface area (Å²) in [5.41, 5.74) is 8.06. The number of hydrazone groups is 1. The molecule has 0 radical (unpaired) electrons. The van der Waals surface area contributed by atoms with E-state index in [0.717, 1.165) is 28.0 Å². The van der Waals surface area contributed by atoms with E-state index in [1.165, 1.54) is 5.56 Å². The molecule has 0 heterocycles. The van der Waals surface area contributed by atoms with Crippen molar-refractivity contribution >= 4 is 12.1 Å². The standard InChI is InChI=1S/C19H22N2O2/c1-13-9-14(2)18(15(3)10-13)12-20-21-19(22)11-16-5-7-17(23-4)8-6-16/h5-10,12H,11H2,1-4H3,(H,21,22)/b20-12+. The zero-order valence-corrected chi connectivity index (χ0v) is 14.0. The van der Waals surface area contributed by atoms with Gasteiger partial charge in [-0.3, -0.25) is 4.79 Å². The summed E-state index contributed by atoms with van der Waals surface area (Å²) < 4.78 is 5.09. The van der Waals surface area contributed by atoms with Crippen LogP contribution in [0.4, 0.5) is 0 Å². The minimum atomic E-state index is -0.145. The van der Waals surface area contributed by atoms with Crippen LogP contribution < -0.4 is 10.2 Å². The van der Waals surface area contributed by atoms with Crippen LogP contribution in [0, 0.1) is 20.8 Å². The molecule has 0 spiro atoms. The van der Waals surface area contributed by atoms with Gasteiger partial charge in [-0.1, -0.05) is 29.8 Å². The molecule has 1 N–H and O–H groups in total. The summed E-state index contributed by atoms with van der Waals surface area (Å²) in [6.07, 6.45) is 1.99. The number of hydrogen-bond acceptors (Lipinski definition) is 3. The Morgan fingerprint density at radius 2 is 1.74 bits per heavy atom. The van der Waals surface area contributed by atoms with Gasteiger partial charge in [0.1, 0.15) is 5.75 Å². The van der Waals surface area contributed by atoms with E-state index in [1.807, 2.05) is 38.1 Å². The van der Waals surface area contributed by atoms with E-state index in [9.17, 15) is 4.79 Å². The Kier molecular flexibility index (Phi) is 5.52. The fraction of sp³-hybridized carbons (Fsp3) is 0.263. The van der Waals surface area contributed by atoms with Gasteiger partial charge >= 0.3 is 0 Å². The molecule has 0 saturated heterocycles. The van der Waals surface area contributed by atoms with Crippen molar-refractivity contribution in [2.75, 3.05) is 7.11 Å². The van der Waals surface area contributed by atoms with Gasteiger partial charge in [0.15, 0.2) is 0 Å². The van der Waals surface area contributed by atoms with E-state index >= 15 is 0 Å². The van der Waals surface area contributed by atoms with Gasteiger partial charge in [-0.25, -0.2) is 5.43 Å². The third kappa shape index (κ3) is 4.68. The van der Waals surface area contributed by atoms with E-state index in [2.05, 4.69) is 29.6 Å². The lowest BCUT2D eigenvalue weighted by atomic mass is 10.0. The highest BCUT2D eigenvalue weighted by Gasteiger charge is 2.04. The molecule has 2 rings (SSSR count). The Balaban J connectivity index is 1.96. The molecular weight excluding hydrogens is 288 g/mol. The number of ether oxygens (including phenoxy) is 1. The van der Waals surface area contributed by atoms with Gasteiger partial charge in [0, 0.05) is 5.56 Å². The number of amides is 1. The topological polar surface area (TPSA) is 50.7 Å². The van der Waals surface area contributed by atoms with Crippen molar-refractivity contribution < 1.29 is 9.53 Å². The number of rotatable bonds is 5. The normalized spacial score (nSPS) is 10.8. The first-order valence-corrected chi connectivity index (χ1v) is 7.52. The molecule has 0 aliphatic heterocycles. The summed E-state index contributed by atoms with van der Waals surface area (Å²) in [5.74, 6) is 0.631. The van der Waals surface area contributed by atoms with E-state index in [-0.39, 0.29) is 12.3 Å². The molecule has 0 aromatic heterocycles. The highest BCUT2D eigenvalue weighted by atomic mass is 16.5. The Morgan fingerprint density at radius 1 is 1.13 bits per heavy atom. The third-order valence-corrected chi connectivity index (χ3v) is 3.64. The number of nitrogens with one attached hydrogen (secondary N) is 1. The highest BCUT2D eigenvalue weighted by Crippen LogP contribution is 2.14. The van der Waals surface area contributed by atoms with Crippen molar-refractivity contribution in [2.45, 2.75) is 27.2 Å². The van der Waals surface area contributed by atoms with Crippen LogP contribution in [-0.4, -0.2) is 19.2 Å². The summed E-state index contributed by atoms with van der Waals surface area (Å²) in [6, 6.07) is 11.6. The number of benzene rings is 2. The predicted octanol–water partition coefficient (Wildman–Crippen LogP) is 3.31. The van der Waals surface area contributed by atoms with Crippen molar-refractivity contribution in [1.29, 1.82) is 0 Å². The molecule has 4 nitrogen and oxygen atoms in total. The lowest BCUT2D eigenvalue weighted by molar-refractivity contribution is -0.120. The minimum Gasteiger partial charge on any atom is -0.497 e. The molecular formula is C19H22N2O2. The number of hydrogen-bond donors (Lipinski definition) is 1. The summed E-state index contributed by atoms with van der Waals surface area (Å²) >= 11 is 0. The van der Waals surface area contributed by atoms with Crippen LogP contribution in [0.1, 0.15) is 27.8 Å². The van der Waals surface area contributed by atoms with Crippen LogP contribution in [0.5, 0.6) is 5.75 Å². The summed E-state index contributed by atoms with van der Waals surface area (Å²) in [4.78, 5) is 11.9. The van der Waals surface area contributed by atoms with E-state index in [0.29, 0.717) is 0 Å². The molecule has 2 aromatic rings. The Morgan fingerprint density at radius 3 is 2.30 bits per heavy atom. The van der Waals surface area contributed by atoms with Crippen LogP contribution in [0.15, 0.2) is 41.5 Å². The molecule has 0 atom stereocenters. The molecule has 23 heavy (non-hydrogen) atoms. The number of carbonyl (C=O) groups excluding carboxylic acids is 1.